The highest BCUT2D eigenvalue weighted by Crippen LogP contribution is 2.33. The zero-order chi connectivity index (χ0) is 18.1. The number of rotatable bonds is 3. The van der Waals surface area contributed by atoms with Crippen molar-refractivity contribution < 1.29 is 9.84 Å². The molecule has 4 rings (SSSR count). The van der Waals surface area contributed by atoms with Gasteiger partial charge in [0, 0.05) is 4.88 Å². The monoisotopic (exact) mass is 368 g/mol. The number of hydrogen-bond acceptors (Lipinski definition) is 5. The molecule has 0 amide bonds. The number of fused-ring (bicyclic) bond motifs is 3. The fourth-order valence-electron chi connectivity index (χ4n) is 3.42. The van der Waals surface area contributed by atoms with Crippen molar-refractivity contribution in [3.63, 3.8) is 0 Å². The lowest BCUT2D eigenvalue weighted by Crippen LogP contribution is -2.10. The van der Waals surface area contributed by atoms with E-state index in [-0.39, 0.29) is 11.3 Å². The second kappa shape index (κ2) is 6.96. The van der Waals surface area contributed by atoms with Crippen LogP contribution < -0.4 is 10.3 Å². The summed E-state index contributed by atoms with van der Waals surface area (Å²) in [6, 6.07) is 5.14. The van der Waals surface area contributed by atoms with Crippen LogP contribution in [0.15, 0.2) is 23.0 Å². The molecule has 0 atom stereocenters. The molecular weight excluding hydrogens is 348 g/mol. The van der Waals surface area contributed by atoms with Crippen LogP contribution in [0.3, 0.4) is 0 Å². The Morgan fingerprint density at radius 1 is 1.23 bits per heavy atom. The Balaban J connectivity index is 1.69. The van der Waals surface area contributed by atoms with Crippen molar-refractivity contribution in [3.8, 4) is 11.5 Å². The maximum absolute atomic E-state index is 12.6. The molecule has 2 aromatic heterocycles. The lowest BCUT2D eigenvalue weighted by atomic mass is 10.1. The van der Waals surface area contributed by atoms with Crippen molar-refractivity contribution in [1.29, 1.82) is 0 Å². The molecule has 3 aromatic rings. The van der Waals surface area contributed by atoms with Gasteiger partial charge in [-0.3, -0.25) is 4.79 Å². The smallest absolute Gasteiger partial charge is 0.260 e. The molecule has 0 fully saturated rings. The second-order valence-electron chi connectivity index (χ2n) is 6.46. The van der Waals surface area contributed by atoms with E-state index in [0.29, 0.717) is 11.6 Å². The predicted molar refractivity (Wildman–Crippen MR) is 105 cm³/mol. The normalized spacial score (nSPS) is 14.5. The fourth-order valence-corrected chi connectivity index (χ4v) is 4.69. The van der Waals surface area contributed by atoms with Crippen molar-refractivity contribution in [2.75, 3.05) is 7.11 Å². The highest BCUT2D eigenvalue weighted by atomic mass is 32.1. The zero-order valence-electron chi connectivity index (χ0n) is 14.5. The molecule has 2 N–H and O–H groups in total. The van der Waals surface area contributed by atoms with E-state index in [4.69, 9.17) is 4.74 Å². The fraction of sp³-hybridized carbons (Fsp3) is 0.300. The van der Waals surface area contributed by atoms with E-state index in [1.54, 1.807) is 29.5 Å². The third-order valence-corrected chi connectivity index (χ3v) is 5.92. The van der Waals surface area contributed by atoms with Gasteiger partial charge < -0.3 is 14.8 Å². The summed E-state index contributed by atoms with van der Waals surface area (Å²) < 4.78 is 5.04. The molecule has 0 saturated heterocycles. The number of phenolic OH excluding ortho intramolecular Hbond substituents is 1. The maximum atomic E-state index is 12.6. The van der Waals surface area contributed by atoms with Crippen molar-refractivity contribution in [1.82, 2.24) is 9.97 Å². The highest BCUT2D eigenvalue weighted by molar-refractivity contribution is 7.18. The van der Waals surface area contributed by atoms with Crippen LogP contribution in [0.5, 0.6) is 11.5 Å². The molecule has 0 spiro atoms. The number of aromatic hydroxyl groups is 1. The minimum absolute atomic E-state index is 0.0633. The number of aromatic nitrogens is 2. The summed E-state index contributed by atoms with van der Waals surface area (Å²) in [6.07, 6.45) is 9.14. The molecule has 0 bridgehead atoms. The van der Waals surface area contributed by atoms with Crippen LogP contribution in [0.1, 0.15) is 41.1 Å². The van der Waals surface area contributed by atoms with Gasteiger partial charge in [-0.25, -0.2) is 4.98 Å². The number of aromatic amines is 1. The maximum Gasteiger partial charge on any atom is 0.260 e. The van der Waals surface area contributed by atoms with Crippen LogP contribution in [0.2, 0.25) is 0 Å². The first kappa shape index (κ1) is 16.8. The molecule has 2 heterocycles. The van der Waals surface area contributed by atoms with E-state index in [0.717, 1.165) is 35.0 Å². The van der Waals surface area contributed by atoms with E-state index < -0.39 is 0 Å². The Bertz CT molecular complexity index is 1050. The average Bonchev–Trinajstić information content (AvgIpc) is 2.82. The Labute approximate surface area is 155 Å². The average molecular weight is 368 g/mol. The molecule has 5 nitrogen and oxygen atoms in total. The number of benzene rings is 1. The largest absolute Gasteiger partial charge is 0.504 e. The van der Waals surface area contributed by atoms with Crippen LogP contribution in [-0.2, 0) is 12.8 Å². The van der Waals surface area contributed by atoms with E-state index in [1.165, 1.54) is 30.4 Å². The van der Waals surface area contributed by atoms with Gasteiger partial charge in [0.15, 0.2) is 11.5 Å². The summed E-state index contributed by atoms with van der Waals surface area (Å²) in [6.45, 7) is 0. The third-order valence-electron chi connectivity index (χ3n) is 4.73. The lowest BCUT2D eigenvalue weighted by Gasteiger charge is -2.03. The van der Waals surface area contributed by atoms with Gasteiger partial charge in [0.1, 0.15) is 10.7 Å². The summed E-state index contributed by atoms with van der Waals surface area (Å²) in [4.78, 5) is 22.3. The van der Waals surface area contributed by atoms with E-state index >= 15 is 0 Å². The molecular formula is C20H20N2O3S. The molecule has 1 aliphatic carbocycles. The van der Waals surface area contributed by atoms with Crippen molar-refractivity contribution >= 4 is 33.7 Å². The first-order valence-electron chi connectivity index (χ1n) is 8.75. The van der Waals surface area contributed by atoms with E-state index in [2.05, 4.69) is 9.97 Å². The van der Waals surface area contributed by atoms with Crippen LogP contribution in [0.25, 0.3) is 22.4 Å². The van der Waals surface area contributed by atoms with Gasteiger partial charge in [-0.05, 0) is 55.0 Å². The van der Waals surface area contributed by atoms with Crippen LogP contribution in [-0.4, -0.2) is 22.2 Å². The number of thiophene rings is 1. The Morgan fingerprint density at radius 3 is 2.88 bits per heavy atom. The van der Waals surface area contributed by atoms with Crippen molar-refractivity contribution in [2.45, 2.75) is 32.1 Å². The Kier molecular flexibility index (Phi) is 4.51. The predicted octanol–water partition coefficient (Wildman–Crippen LogP) is 4.14. The molecule has 134 valence electrons. The molecule has 1 aliphatic rings. The van der Waals surface area contributed by atoms with Crippen LogP contribution in [0, 0.1) is 0 Å². The van der Waals surface area contributed by atoms with Gasteiger partial charge >= 0.3 is 0 Å². The molecule has 26 heavy (non-hydrogen) atoms. The number of hydrogen-bond donors (Lipinski definition) is 2. The van der Waals surface area contributed by atoms with E-state index in [1.807, 2.05) is 12.1 Å². The topological polar surface area (TPSA) is 75.2 Å². The van der Waals surface area contributed by atoms with E-state index in [9.17, 15) is 9.90 Å². The van der Waals surface area contributed by atoms with Gasteiger partial charge in [-0.2, -0.15) is 0 Å². The van der Waals surface area contributed by atoms with Crippen molar-refractivity contribution in [3.05, 3.63) is 50.4 Å². The minimum atomic E-state index is -0.0633. The summed E-state index contributed by atoms with van der Waals surface area (Å²) in [5.41, 5.74) is 1.94. The quantitative estimate of drug-likeness (QED) is 0.682. The number of methoxy groups -OCH3 is 1. The lowest BCUT2D eigenvalue weighted by molar-refractivity contribution is 0.373. The van der Waals surface area contributed by atoms with Crippen LogP contribution in [0.4, 0.5) is 0 Å². The Morgan fingerprint density at radius 2 is 2.08 bits per heavy atom. The highest BCUT2D eigenvalue weighted by Gasteiger charge is 2.18. The molecule has 0 unspecified atom stereocenters. The van der Waals surface area contributed by atoms with Crippen molar-refractivity contribution in [2.24, 2.45) is 0 Å². The summed E-state index contributed by atoms with van der Waals surface area (Å²) >= 11 is 1.65. The zero-order valence-corrected chi connectivity index (χ0v) is 15.4. The first-order valence-corrected chi connectivity index (χ1v) is 9.57. The number of nitrogens with zero attached hydrogens (tertiary/aromatic N) is 1. The molecule has 6 heteroatoms. The number of nitrogens with one attached hydrogen (secondary N) is 1. The summed E-state index contributed by atoms with van der Waals surface area (Å²) in [7, 11) is 1.51. The van der Waals surface area contributed by atoms with Gasteiger partial charge in [0.25, 0.3) is 5.56 Å². The number of aryl methyl sites for hydroxylation is 2. The Hall–Kier alpha value is -2.60. The second-order valence-corrected chi connectivity index (χ2v) is 7.54. The summed E-state index contributed by atoms with van der Waals surface area (Å²) in [5, 5.41) is 10.6. The van der Waals surface area contributed by atoms with Gasteiger partial charge in [-0.15, -0.1) is 11.3 Å². The molecule has 0 radical (unpaired) electrons. The van der Waals surface area contributed by atoms with Gasteiger partial charge in [0.05, 0.1) is 12.5 Å². The molecule has 0 saturated carbocycles. The summed E-state index contributed by atoms with van der Waals surface area (Å²) in [5.74, 6) is 1.03. The van der Waals surface area contributed by atoms with Gasteiger partial charge in [-0.1, -0.05) is 18.6 Å². The SMILES string of the molecule is COc1ccc(C=Cc2nc3sc4c(c3c(=O)[nH]2)CCCCC4)cc1O. The molecule has 1 aromatic carbocycles. The number of H-pyrrole nitrogens is 1. The number of phenols is 1. The molecule has 0 aliphatic heterocycles. The standard InChI is InChI=1S/C20H20N2O3S/c1-25-15-9-7-12(11-14(15)23)8-10-17-21-19(24)18-13-5-3-2-4-6-16(13)26-20(18)22-17/h7-11,23H,2-6H2,1H3,(H,21,22,24). The first-order chi connectivity index (χ1) is 12.7. The minimum Gasteiger partial charge on any atom is -0.504 e. The number of ether oxygens (including phenoxy) is 1. The van der Waals surface area contributed by atoms with Crippen LogP contribution >= 0.6 is 11.3 Å². The third kappa shape index (κ3) is 3.12. The van der Waals surface area contributed by atoms with Gasteiger partial charge in [0.2, 0.25) is 0 Å².